The second-order valence-corrected chi connectivity index (χ2v) is 6.62. The van der Waals surface area contributed by atoms with Crippen LogP contribution in [0.3, 0.4) is 0 Å². The Morgan fingerprint density at radius 2 is 1.96 bits per heavy atom. The molecule has 144 valence electrons. The standard InChI is InChI=1S/C20H30N4O.HI/c1-7-21-20(24(6)13-18-11-9-8-10-14(18)2)22-12-15(3)19-16(4)23-25-17(19)5;/h8-11,15H,7,12-13H2,1-6H3,(H,21,22);1H. The van der Waals surface area contributed by atoms with Crippen LogP contribution in [0.25, 0.3) is 0 Å². The maximum Gasteiger partial charge on any atom is 0.193 e. The summed E-state index contributed by atoms with van der Waals surface area (Å²) in [5, 5.41) is 7.44. The van der Waals surface area contributed by atoms with Crippen LogP contribution in [0.15, 0.2) is 33.8 Å². The lowest BCUT2D eigenvalue weighted by Gasteiger charge is -2.23. The first kappa shape index (κ1) is 22.5. The Kier molecular flexibility index (Phi) is 9.12. The molecule has 5 nitrogen and oxygen atoms in total. The van der Waals surface area contributed by atoms with E-state index in [-0.39, 0.29) is 29.9 Å². The van der Waals surface area contributed by atoms with E-state index < -0.39 is 0 Å². The zero-order chi connectivity index (χ0) is 18.4. The molecule has 1 aromatic heterocycles. The number of aromatic nitrogens is 1. The second-order valence-electron chi connectivity index (χ2n) is 6.62. The highest BCUT2D eigenvalue weighted by Crippen LogP contribution is 2.23. The molecule has 0 aliphatic rings. The molecule has 26 heavy (non-hydrogen) atoms. The number of nitrogens with zero attached hydrogens (tertiary/aromatic N) is 3. The van der Waals surface area contributed by atoms with Crippen molar-refractivity contribution in [3.8, 4) is 0 Å². The van der Waals surface area contributed by atoms with E-state index in [0.29, 0.717) is 6.54 Å². The average Bonchev–Trinajstić information content (AvgIpc) is 2.92. The van der Waals surface area contributed by atoms with Gasteiger partial charge in [0, 0.05) is 38.2 Å². The number of guanidine groups is 1. The van der Waals surface area contributed by atoms with Gasteiger partial charge in [-0.15, -0.1) is 24.0 Å². The summed E-state index contributed by atoms with van der Waals surface area (Å²) in [6.45, 7) is 12.7. The Morgan fingerprint density at radius 3 is 2.54 bits per heavy atom. The highest BCUT2D eigenvalue weighted by molar-refractivity contribution is 14.0. The van der Waals surface area contributed by atoms with Crippen LogP contribution in [0.5, 0.6) is 0 Å². The van der Waals surface area contributed by atoms with Crippen molar-refractivity contribution in [1.29, 1.82) is 0 Å². The van der Waals surface area contributed by atoms with Crippen molar-refractivity contribution < 1.29 is 4.52 Å². The van der Waals surface area contributed by atoms with Crippen molar-refractivity contribution in [3.63, 3.8) is 0 Å². The van der Waals surface area contributed by atoms with Crippen LogP contribution in [-0.2, 0) is 6.54 Å². The summed E-state index contributed by atoms with van der Waals surface area (Å²) in [4.78, 5) is 7.01. The molecule has 0 bridgehead atoms. The summed E-state index contributed by atoms with van der Waals surface area (Å²) in [5.74, 6) is 2.08. The monoisotopic (exact) mass is 470 g/mol. The van der Waals surface area contributed by atoms with E-state index in [4.69, 9.17) is 9.52 Å². The van der Waals surface area contributed by atoms with E-state index in [1.807, 2.05) is 13.8 Å². The van der Waals surface area contributed by atoms with Crippen LogP contribution >= 0.6 is 24.0 Å². The molecule has 2 rings (SSSR count). The normalized spacial score (nSPS) is 12.5. The molecule has 1 N–H and O–H groups in total. The fourth-order valence-corrected chi connectivity index (χ4v) is 3.10. The fourth-order valence-electron chi connectivity index (χ4n) is 3.10. The van der Waals surface area contributed by atoms with E-state index in [9.17, 15) is 0 Å². The first-order chi connectivity index (χ1) is 11.9. The molecule has 0 saturated carbocycles. The fraction of sp³-hybridized carbons (Fsp3) is 0.500. The largest absolute Gasteiger partial charge is 0.361 e. The van der Waals surface area contributed by atoms with Gasteiger partial charge in [0.25, 0.3) is 0 Å². The first-order valence-electron chi connectivity index (χ1n) is 8.90. The molecule has 1 unspecified atom stereocenters. The molecule has 0 aliphatic heterocycles. The van der Waals surface area contributed by atoms with E-state index in [1.54, 1.807) is 0 Å². The van der Waals surface area contributed by atoms with Crippen molar-refractivity contribution >= 4 is 29.9 Å². The first-order valence-corrected chi connectivity index (χ1v) is 8.90. The molecular formula is C20H31IN4O. The lowest BCUT2D eigenvalue weighted by atomic mass is 10.00. The van der Waals surface area contributed by atoms with Crippen molar-refractivity contribution in [3.05, 3.63) is 52.4 Å². The molecule has 1 heterocycles. The Balaban J connectivity index is 0.00000338. The molecular weight excluding hydrogens is 439 g/mol. The number of aliphatic imine (C=N–C) groups is 1. The highest BCUT2D eigenvalue weighted by atomic mass is 127. The molecule has 2 aromatic rings. The van der Waals surface area contributed by atoms with E-state index in [2.05, 4.69) is 67.5 Å². The minimum atomic E-state index is 0. The van der Waals surface area contributed by atoms with E-state index in [0.717, 1.165) is 30.5 Å². The molecule has 1 aromatic carbocycles. The predicted molar refractivity (Wildman–Crippen MR) is 118 cm³/mol. The lowest BCUT2D eigenvalue weighted by molar-refractivity contribution is 0.391. The summed E-state index contributed by atoms with van der Waals surface area (Å²) in [5.41, 5.74) is 4.74. The third-order valence-corrected chi connectivity index (χ3v) is 4.46. The Bertz CT molecular complexity index is 707. The molecule has 0 aliphatic carbocycles. The van der Waals surface area contributed by atoms with Crippen LogP contribution in [0, 0.1) is 20.8 Å². The minimum Gasteiger partial charge on any atom is -0.361 e. The van der Waals surface area contributed by atoms with Crippen LogP contribution < -0.4 is 5.32 Å². The van der Waals surface area contributed by atoms with E-state index >= 15 is 0 Å². The van der Waals surface area contributed by atoms with Gasteiger partial charge in [0.2, 0.25) is 0 Å². The predicted octanol–water partition coefficient (Wildman–Crippen LogP) is 4.42. The maximum absolute atomic E-state index is 5.29. The van der Waals surface area contributed by atoms with Crippen molar-refractivity contribution in [2.24, 2.45) is 4.99 Å². The summed E-state index contributed by atoms with van der Waals surface area (Å²) < 4.78 is 5.29. The topological polar surface area (TPSA) is 53.7 Å². The smallest absolute Gasteiger partial charge is 0.193 e. The van der Waals surface area contributed by atoms with Crippen LogP contribution in [0.4, 0.5) is 0 Å². The summed E-state index contributed by atoms with van der Waals surface area (Å²) in [6, 6.07) is 8.47. The summed E-state index contributed by atoms with van der Waals surface area (Å²) in [7, 11) is 2.08. The molecule has 0 radical (unpaired) electrons. The van der Waals surface area contributed by atoms with Gasteiger partial charge in [-0.3, -0.25) is 4.99 Å². The van der Waals surface area contributed by atoms with Crippen LogP contribution in [0.1, 0.15) is 47.9 Å². The molecule has 0 fully saturated rings. The van der Waals surface area contributed by atoms with Gasteiger partial charge >= 0.3 is 0 Å². The number of hydrogen-bond donors (Lipinski definition) is 1. The summed E-state index contributed by atoms with van der Waals surface area (Å²) >= 11 is 0. The van der Waals surface area contributed by atoms with Gasteiger partial charge in [-0.25, -0.2) is 0 Å². The van der Waals surface area contributed by atoms with Gasteiger partial charge in [0.05, 0.1) is 5.69 Å². The molecule has 0 amide bonds. The number of rotatable bonds is 6. The highest BCUT2D eigenvalue weighted by Gasteiger charge is 2.17. The Labute approximate surface area is 174 Å². The number of nitrogens with one attached hydrogen (secondary N) is 1. The Morgan fingerprint density at radius 1 is 1.27 bits per heavy atom. The molecule has 1 atom stereocenters. The van der Waals surface area contributed by atoms with Crippen LogP contribution in [-0.4, -0.2) is 36.2 Å². The van der Waals surface area contributed by atoms with Crippen molar-refractivity contribution in [1.82, 2.24) is 15.4 Å². The third kappa shape index (κ3) is 5.72. The molecule has 6 heteroatoms. The number of benzene rings is 1. The number of aryl methyl sites for hydroxylation is 3. The Hall–Kier alpha value is -1.57. The number of hydrogen-bond acceptors (Lipinski definition) is 3. The van der Waals surface area contributed by atoms with E-state index in [1.165, 1.54) is 16.7 Å². The van der Waals surface area contributed by atoms with Gasteiger partial charge < -0.3 is 14.7 Å². The molecule has 0 spiro atoms. The van der Waals surface area contributed by atoms with Gasteiger partial charge in [-0.05, 0) is 38.8 Å². The zero-order valence-corrected chi connectivity index (χ0v) is 19.0. The van der Waals surface area contributed by atoms with Crippen molar-refractivity contribution in [2.75, 3.05) is 20.1 Å². The maximum atomic E-state index is 5.29. The van der Waals surface area contributed by atoms with Gasteiger partial charge in [0.15, 0.2) is 5.96 Å². The SMILES string of the molecule is CCNC(=NCC(C)c1c(C)noc1C)N(C)Cc1ccccc1C.I. The van der Waals surface area contributed by atoms with Crippen molar-refractivity contribution in [2.45, 2.75) is 47.1 Å². The van der Waals surface area contributed by atoms with Gasteiger partial charge in [0.1, 0.15) is 5.76 Å². The molecule has 0 saturated heterocycles. The minimum absolute atomic E-state index is 0. The average molecular weight is 470 g/mol. The quantitative estimate of drug-likeness (QED) is 0.386. The van der Waals surface area contributed by atoms with Gasteiger partial charge in [-0.2, -0.15) is 0 Å². The van der Waals surface area contributed by atoms with Crippen LogP contribution in [0.2, 0.25) is 0 Å². The zero-order valence-electron chi connectivity index (χ0n) is 16.7. The summed E-state index contributed by atoms with van der Waals surface area (Å²) in [6.07, 6.45) is 0. The van der Waals surface area contributed by atoms with Gasteiger partial charge in [-0.1, -0.05) is 36.3 Å². The number of halogens is 1. The third-order valence-electron chi connectivity index (χ3n) is 4.46. The lowest BCUT2D eigenvalue weighted by Crippen LogP contribution is -2.38. The second kappa shape index (κ2) is 10.5.